The second-order valence-electron chi connectivity index (χ2n) is 7.88. The van der Waals surface area contributed by atoms with Crippen molar-refractivity contribution in [2.24, 2.45) is 5.92 Å². The van der Waals surface area contributed by atoms with E-state index in [0.717, 1.165) is 27.8 Å². The molecule has 3 aromatic rings. The summed E-state index contributed by atoms with van der Waals surface area (Å²) in [5, 5.41) is 7.96. The highest BCUT2D eigenvalue weighted by Crippen LogP contribution is 2.25. The van der Waals surface area contributed by atoms with Crippen molar-refractivity contribution in [2.45, 2.75) is 19.9 Å². The molecule has 3 amide bonds. The van der Waals surface area contributed by atoms with Gasteiger partial charge in [0.1, 0.15) is 12.3 Å². The number of ether oxygens (including phenoxy) is 1. The number of carbonyl (C=O) groups excluding carboxylic acids is 2. The Morgan fingerprint density at radius 1 is 0.968 bits per heavy atom. The number of nitrogens with zero attached hydrogens (tertiary/aromatic N) is 1. The lowest BCUT2D eigenvalue weighted by atomic mass is 9.96. The average molecular weight is 420 g/mol. The molecule has 3 aromatic carbocycles. The van der Waals surface area contributed by atoms with Gasteiger partial charge in [-0.25, -0.2) is 4.79 Å². The van der Waals surface area contributed by atoms with Crippen molar-refractivity contribution in [2.75, 3.05) is 26.0 Å². The molecule has 2 N–H and O–H groups in total. The Morgan fingerprint density at radius 3 is 2.32 bits per heavy atom. The zero-order valence-corrected chi connectivity index (χ0v) is 18.4. The molecule has 0 fully saturated rings. The second-order valence-corrected chi connectivity index (χ2v) is 7.88. The molecular formula is C25H29N3O3. The lowest BCUT2D eigenvalue weighted by Gasteiger charge is -2.26. The number of methoxy groups -OCH3 is 1. The number of carbonyl (C=O) groups is 2. The summed E-state index contributed by atoms with van der Waals surface area (Å²) in [4.78, 5) is 26.7. The van der Waals surface area contributed by atoms with Crippen LogP contribution in [0.15, 0.2) is 66.7 Å². The van der Waals surface area contributed by atoms with Crippen LogP contribution in [0.4, 0.5) is 10.5 Å². The maximum Gasteiger partial charge on any atom is 0.318 e. The molecule has 0 radical (unpaired) electrons. The van der Waals surface area contributed by atoms with Gasteiger partial charge in [-0.15, -0.1) is 0 Å². The number of likely N-dealkylation sites (N-methyl/N-ethyl adjacent to an activating group) is 1. The molecule has 0 bridgehead atoms. The predicted octanol–water partition coefficient (Wildman–Crippen LogP) is 4.83. The summed E-state index contributed by atoms with van der Waals surface area (Å²) in [5.41, 5.74) is 1.72. The van der Waals surface area contributed by atoms with Gasteiger partial charge in [-0.2, -0.15) is 0 Å². The van der Waals surface area contributed by atoms with Crippen LogP contribution in [-0.4, -0.2) is 37.5 Å². The van der Waals surface area contributed by atoms with Crippen molar-refractivity contribution in [1.82, 2.24) is 10.2 Å². The predicted molar refractivity (Wildman–Crippen MR) is 124 cm³/mol. The van der Waals surface area contributed by atoms with Crippen molar-refractivity contribution < 1.29 is 14.3 Å². The summed E-state index contributed by atoms with van der Waals surface area (Å²) in [6.07, 6.45) is 0. The number of urea groups is 1. The van der Waals surface area contributed by atoms with Crippen molar-refractivity contribution in [3.8, 4) is 5.75 Å². The fourth-order valence-corrected chi connectivity index (χ4v) is 3.50. The van der Waals surface area contributed by atoms with E-state index in [1.165, 1.54) is 4.90 Å². The highest BCUT2D eigenvalue weighted by atomic mass is 16.5. The molecule has 0 saturated carbocycles. The lowest BCUT2D eigenvalue weighted by molar-refractivity contribution is -0.116. The number of nitrogens with one attached hydrogen (secondary N) is 2. The fourth-order valence-electron chi connectivity index (χ4n) is 3.50. The number of hydrogen-bond acceptors (Lipinski definition) is 3. The van der Waals surface area contributed by atoms with E-state index in [1.54, 1.807) is 14.2 Å². The lowest BCUT2D eigenvalue weighted by Crippen LogP contribution is -2.44. The van der Waals surface area contributed by atoms with E-state index in [2.05, 4.69) is 10.6 Å². The summed E-state index contributed by atoms with van der Waals surface area (Å²) < 4.78 is 5.21. The summed E-state index contributed by atoms with van der Waals surface area (Å²) in [6.45, 7) is 4.04. The zero-order chi connectivity index (χ0) is 22.4. The number of rotatable bonds is 7. The van der Waals surface area contributed by atoms with Gasteiger partial charge >= 0.3 is 6.03 Å². The van der Waals surface area contributed by atoms with Crippen LogP contribution in [0.2, 0.25) is 0 Å². The van der Waals surface area contributed by atoms with E-state index in [-0.39, 0.29) is 30.4 Å². The number of fused-ring (bicyclic) bond motifs is 1. The van der Waals surface area contributed by atoms with Crippen LogP contribution in [0, 0.1) is 5.92 Å². The molecule has 0 aliphatic heterocycles. The van der Waals surface area contributed by atoms with Crippen LogP contribution in [0.3, 0.4) is 0 Å². The largest absolute Gasteiger partial charge is 0.497 e. The van der Waals surface area contributed by atoms with Gasteiger partial charge in [-0.1, -0.05) is 62.4 Å². The molecule has 6 heteroatoms. The zero-order valence-electron chi connectivity index (χ0n) is 18.4. The minimum absolute atomic E-state index is 0.0531. The molecule has 0 saturated heterocycles. The molecule has 0 heterocycles. The third-order valence-corrected chi connectivity index (χ3v) is 5.21. The molecule has 0 spiro atoms. The molecule has 31 heavy (non-hydrogen) atoms. The standard InChI is InChI=1S/C25H29N3O3/c1-17(2)24(19-12-14-20(31-4)15-13-19)27-25(30)28(3)16-23(29)26-22-11-7-9-18-8-5-6-10-21(18)22/h5-15,17,24H,16H2,1-4H3,(H,26,29)(H,27,30)/t24-/m1/s1. The third kappa shape index (κ3) is 5.54. The van der Waals surface area contributed by atoms with Crippen molar-refractivity contribution in [3.05, 3.63) is 72.3 Å². The van der Waals surface area contributed by atoms with E-state index in [0.29, 0.717) is 0 Å². The monoisotopic (exact) mass is 419 g/mol. The summed E-state index contributed by atoms with van der Waals surface area (Å²) in [6, 6.07) is 20.8. The van der Waals surface area contributed by atoms with Gasteiger partial charge < -0.3 is 20.3 Å². The quantitative estimate of drug-likeness (QED) is 0.576. The Hall–Kier alpha value is -3.54. The van der Waals surface area contributed by atoms with Crippen LogP contribution in [0.1, 0.15) is 25.5 Å². The van der Waals surface area contributed by atoms with E-state index in [9.17, 15) is 9.59 Å². The van der Waals surface area contributed by atoms with Gasteiger partial charge in [0.15, 0.2) is 0 Å². The number of amides is 3. The normalized spacial score (nSPS) is 11.8. The first-order chi connectivity index (χ1) is 14.9. The minimum atomic E-state index is -0.303. The van der Waals surface area contributed by atoms with E-state index in [1.807, 2.05) is 80.6 Å². The smallest absolute Gasteiger partial charge is 0.318 e. The van der Waals surface area contributed by atoms with E-state index in [4.69, 9.17) is 4.74 Å². The van der Waals surface area contributed by atoms with Crippen molar-refractivity contribution in [3.63, 3.8) is 0 Å². The Kier molecular flexibility index (Phi) is 7.13. The molecule has 3 rings (SSSR count). The Labute approximate surface area is 183 Å². The van der Waals surface area contributed by atoms with Crippen LogP contribution >= 0.6 is 0 Å². The van der Waals surface area contributed by atoms with Crippen LogP contribution < -0.4 is 15.4 Å². The van der Waals surface area contributed by atoms with Crippen LogP contribution in [0.5, 0.6) is 5.75 Å². The van der Waals surface area contributed by atoms with E-state index >= 15 is 0 Å². The first-order valence-corrected chi connectivity index (χ1v) is 10.3. The maximum absolute atomic E-state index is 12.8. The number of hydrogen-bond donors (Lipinski definition) is 2. The Bertz CT molecular complexity index is 1040. The Balaban J connectivity index is 1.63. The number of benzene rings is 3. The average Bonchev–Trinajstić information content (AvgIpc) is 2.77. The third-order valence-electron chi connectivity index (χ3n) is 5.21. The van der Waals surface area contributed by atoms with Gasteiger partial charge in [0.25, 0.3) is 0 Å². The molecule has 0 aliphatic rings. The number of anilines is 1. The summed E-state index contributed by atoms with van der Waals surface area (Å²) in [7, 11) is 3.23. The highest BCUT2D eigenvalue weighted by molar-refractivity contribution is 6.03. The molecule has 0 unspecified atom stereocenters. The molecule has 0 aromatic heterocycles. The first-order valence-electron chi connectivity index (χ1n) is 10.3. The van der Waals surface area contributed by atoms with Crippen LogP contribution in [0.25, 0.3) is 10.8 Å². The van der Waals surface area contributed by atoms with Crippen LogP contribution in [-0.2, 0) is 4.79 Å². The van der Waals surface area contributed by atoms with Crippen molar-refractivity contribution >= 4 is 28.4 Å². The topological polar surface area (TPSA) is 70.7 Å². The molecule has 0 aliphatic carbocycles. The van der Waals surface area contributed by atoms with Crippen molar-refractivity contribution in [1.29, 1.82) is 0 Å². The minimum Gasteiger partial charge on any atom is -0.497 e. The van der Waals surface area contributed by atoms with E-state index < -0.39 is 0 Å². The molecule has 162 valence electrons. The molecule has 6 nitrogen and oxygen atoms in total. The first kappa shape index (κ1) is 22.2. The van der Waals surface area contributed by atoms with Gasteiger partial charge in [0, 0.05) is 18.1 Å². The van der Waals surface area contributed by atoms with Gasteiger partial charge in [-0.05, 0) is 35.1 Å². The summed E-state index contributed by atoms with van der Waals surface area (Å²) >= 11 is 0. The van der Waals surface area contributed by atoms with Gasteiger partial charge in [0.05, 0.1) is 13.2 Å². The van der Waals surface area contributed by atoms with Gasteiger partial charge in [0.2, 0.25) is 5.91 Å². The van der Waals surface area contributed by atoms with Gasteiger partial charge in [-0.3, -0.25) is 4.79 Å². The molecule has 1 atom stereocenters. The maximum atomic E-state index is 12.8. The second kappa shape index (κ2) is 9.98. The summed E-state index contributed by atoms with van der Waals surface area (Å²) in [5.74, 6) is 0.689. The SMILES string of the molecule is COc1ccc([C@H](NC(=O)N(C)CC(=O)Nc2cccc3ccccc23)C(C)C)cc1. The Morgan fingerprint density at radius 2 is 1.65 bits per heavy atom. The molecular weight excluding hydrogens is 390 g/mol. The highest BCUT2D eigenvalue weighted by Gasteiger charge is 2.21. The fraction of sp³-hybridized carbons (Fsp3) is 0.280.